The molecule has 0 spiro atoms. The summed E-state index contributed by atoms with van der Waals surface area (Å²) >= 11 is 2.06. The van der Waals surface area contributed by atoms with Crippen molar-refractivity contribution in [1.29, 1.82) is 0 Å². The third-order valence-corrected chi connectivity index (χ3v) is 5.89. The second-order valence-electron chi connectivity index (χ2n) is 6.51. The van der Waals surface area contributed by atoms with E-state index >= 15 is 0 Å². The highest BCUT2D eigenvalue weighted by Gasteiger charge is 2.15. The fraction of sp³-hybridized carbons (Fsp3) is 0.765. The zero-order valence-corrected chi connectivity index (χ0v) is 13.6. The van der Waals surface area contributed by atoms with Crippen molar-refractivity contribution in [3.05, 3.63) is 21.4 Å². The van der Waals surface area contributed by atoms with Gasteiger partial charge in [-0.1, -0.05) is 6.42 Å². The summed E-state index contributed by atoms with van der Waals surface area (Å²) in [5, 5.41) is 3.72. The molecule has 0 radical (unpaired) electrons. The lowest BCUT2D eigenvalue weighted by Crippen LogP contribution is -2.37. The van der Waals surface area contributed by atoms with E-state index in [1.165, 1.54) is 64.6 Å². The smallest absolute Gasteiger partial charge is 0.0302 e. The molecule has 3 rings (SSSR count). The van der Waals surface area contributed by atoms with E-state index in [1.54, 1.807) is 15.3 Å². The number of nitrogens with zero attached hydrogens (tertiary/aromatic N) is 1. The normalized spacial score (nSPS) is 21.6. The van der Waals surface area contributed by atoms with E-state index in [0.717, 1.165) is 6.54 Å². The summed E-state index contributed by atoms with van der Waals surface area (Å²) in [6.45, 7) is 7.22. The van der Waals surface area contributed by atoms with Gasteiger partial charge in [0.15, 0.2) is 0 Å². The van der Waals surface area contributed by atoms with Gasteiger partial charge in [0, 0.05) is 28.9 Å². The third-order valence-electron chi connectivity index (χ3n) is 4.65. The van der Waals surface area contributed by atoms with Crippen LogP contribution in [0.25, 0.3) is 0 Å². The zero-order chi connectivity index (χ0) is 13.8. The second-order valence-corrected chi connectivity index (χ2v) is 7.73. The Morgan fingerprint density at radius 2 is 1.95 bits per heavy atom. The Balaban J connectivity index is 1.48. The molecule has 3 heteroatoms. The van der Waals surface area contributed by atoms with Crippen LogP contribution < -0.4 is 5.32 Å². The van der Waals surface area contributed by atoms with Gasteiger partial charge < -0.3 is 10.2 Å². The first-order valence-corrected chi connectivity index (χ1v) is 9.19. The number of likely N-dealkylation sites (tertiary alicyclic amines) is 1. The summed E-state index contributed by atoms with van der Waals surface area (Å²) in [6, 6.07) is 3.08. The highest BCUT2D eigenvalue weighted by Crippen LogP contribution is 2.28. The summed E-state index contributed by atoms with van der Waals surface area (Å²) in [5.41, 5.74) is 1.65. The molecule has 2 heterocycles. The molecule has 1 aromatic heterocycles. The molecule has 2 aliphatic rings. The molecule has 112 valence electrons. The van der Waals surface area contributed by atoms with Gasteiger partial charge in [0.05, 0.1) is 0 Å². The van der Waals surface area contributed by atoms with Crippen molar-refractivity contribution < 1.29 is 0 Å². The number of hydrogen-bond donors (Lipinski definition) is 1. The maximum Gasteiger partial charge on any atom is 0.0302 e. The number of hydrogen-bond acceptors (Lipinski definition) is 3. The predicted octanol–water partition coefficient (Wildman–Crippen LogP) is 3.59. The van der Waals surface area contributed by atoms with Gasteiger partial charge in [-0.25, -0.2) is 0 Å². The number of nitrogens with one attached hydrogen (secondary N) is 1. The summed E-state index contributed by atoms with van der Waals surface area (Å²) < 4.78 is 0. The van der Waals surface area contributed by atoms with E-state index in [1.807, 2.05) is 0 Å². The van der Waals surface area contributed by atoms with Gasteiger partial charge in [-0.15, -0.1) is 11.3 Å². The highest BCUT2D eigenvalue weighted by atomic mass is 32.1. The number of fused-ring (bicyclic) bond motifs is 1. The summed E-state index contributed by atoms with van der Waals surface area (Å²) in [5.74, 6) is 0. The Kier molecular flexibility index (Phi) is 5.14. The fourth-order valence-corrected chi connectivity index (χ4v) is 4.72. The van der Waals surface area contributed by atoms with Crippen molar-refractivity contribution in [2.24, 2.45) is 0 Å². The summed E-state index contributed by atoms with van der Waals surface area (Å²) in [4.78, 5) is 5.82. The largest absolute Gasteiger partial charge is 0.308 e. The van der Waals surface area contributed by atoms with Crippen LogP contribution in [0.3, 0.4) is 0 Å². The van der Waals surface area contributed by atoms with E-state index in [-0.39, 0.29) is 0 Å². The molecule has 1 aliphatic carbocycles. The molecule has 0 aromatic carbocycles. The Bertz CT molecular complexity index is 397. The van der Waals surface area contributed by atoms with Crippen molar-refractivity contribution in [1.82, 2.24) is 10.2 Å². The Hall–Kier alpha value is -0.380. The molecule has 1 aliphatic heterocycles. The minimum atomic E-state index is 0.606. The quantitative estimate of drug-likeness (QED) is 0.834. The molecule has 1 unspecified atom stereocenters. The molecule has 1 saturated heterocycles. The van der Waals surface area contributed by atoms with Gasteiger partial charge in [-0.05, 0) is 70.2 Å². The SMILES string of the molecule is CC(CN1CCCC1)NCc1cc2c(s1)CCCCC2. The minimum Gasteiger partial charge on any atom is -0.308 e. The van der Waals surface area contributed by atoms with Gasteiger partial charge in [0.25, 0.3) is 0 Å². The lowest BCUT2D eigenvalue weighted by molar-refractivity contribution is 0.298. The Morgan fingerprint density at radius 3 is 2.80 bits per heavy atom. The van der Waals surface area contributed by atoms with Crippen molar-refractivity contribution in [2.75, 3.05) is 19.6 Å². The maximum absolute atomic E-state index is 3.72. The van der Waals surface area contributed by atoms with Crippen molar-refractivity contribution in [2.45, 2.75) is 64.5 Å². The Labute approximate surface area is 127 Å². The van der Waals surface area contributed by atoms with E-state index in [4.69, 9.17) is 0 Å². The molecule has 0 saturated carbocycles. The zero-order valence-electron chi connectivity index (χ0n) is 12.8. The predicted molar refractivity (Wildman–Crippen MR) is 87.6 cm³/mol. The van der Waals surface area contributed by atoms with Gasteiger partial charge >= 0.3 is 0 Å². The minimum absolute atomic E-state index is 0.606. The van der Waals surface area contributed by atoms with Gasteiger partial charge in [-0.2, -0.15) is 0 Å². The molecule has 1 atom stereocenters. The van der Waals surface area contributed by atoms with Crippen LogP contribution in [0.4, 0.5) is 0 Å². The summed E-state index contributed by atoms with van der Waals surface area (Å²) in [7, 11) is 0. The van der Waals surface area contributed by atoms with Crippen molar-refractivity contribution in [3.63, 3.8) is 0 Å². The second kappa shape index (κ2) is 7.06. The van der Waals surface area contributed by atoms with Gasteiger partial charge in [0.2, 0.25) is 0 Å². The van der Waals surface area contributed by atoms with Crippen LogP contribution in [0.1, 0.15) is 54.3 Å². The average Bonchev–Trinajstić information content (AvgIpc) is 3.02. The van der Waals surface area contributed by atoms with Crippen LogP contribution in [-0.2, 0) is 19.4 Å². The molecular weight excluding hydrogens is 264 g/mol. The van der Waals surface area contributed by atoms with Crippen molar-refractivity contribution >= 4 is 11.3 Å². The first kappa shape index (κ1) is 14.6. The summed E-state index contributed by atoms with van der Waals surface area (Å²) in [6.07, 6.45) is 9.63. The molecule has 1 N–H and O–H groups in total. The van der Waals surface area contributed by atoms with Gasteiger partial charge in [0.1, 0.15) is 0 Å². The average molecular weight is 292 g/mol. The topological polar surface area (TPSA) is 15.3 Å². The Morgan fingerprint density at radius 1 is 1.15 bits per heavy atom. The number of rotatable bonds is 5. The molecule has 1 aromatic rings. The molecule has 2 nitrogen and oxygen atoms in total. The van der Waals surface area contributed by atoms with Crippen LogP contribution >= 0.6 is 11.3 Å². The van der Waals surface area contributed by atoms with E-state index in [0.29, 0.717) is 6.04 Å². The van der Waals surface area contributed by atoms with Crippen molar-refractivity contribution in [3.8, 4) is 0 Å². The number of thiophene rings is 1. The maximum atomic E-state index is 3.72. The molecule has 0 amide bonds. The third kappa shape index (κ3) is 3.84. The lowest BCUT2D eigenvalue weighted by atomic mass is 10.1. The first-order valence-electron chi connectivity index (χ1n) is 8.37. The van der Waals surface area contributed by atoms with Crippen LogP contribution in [0.5, 0.6) is 0 Å². The van der Waals surface area contributed by atoms with Crippen LogP contribution in [-0.4, -0.2) is 30.6 Å². The molecule has 0 bridgehead atoms. The molecular formula is C17H28N2S. The highest BCUT2D eigenvalue weighted by molar-refractivity contribution is 7.12. The molecule has 1 fully saturated rings. The monoisotopic (exact) mass is 292 g/mol. The number of aryl methyl sites for hydroxylation is 2. The standard InChI is InChI=1S/C17H28N2S/c1-14(13-19-9-5-6-10-19)18-12-16-11-15-7-3-2-4-8-17(15)20-16/h11,14,18H,2-10,12-13H2,1H3. The molecule has 20 heavy (non-hydrogen) atoms. The van der Waals surface area contributed by atoms with E-state index < -0.39 is 0 Å². The fourth-order valence-electron chi connectivity index (χ4n) is 3.51. The van der Waals surface area contributed by atoms with Gasteiger partial charge in [-0.3, -0.25) is 0 Å². The first-order chi connectivity index (χ1) is 9.81. The van der Waals surface area contributed by atoms with E-state index in [2.05, 4.69) is 34.5 Å². The van der Waals surface area contributed by atoms with Crippen LogP contribution in [0.15, 0.2) is 6.07 Å². The lowest BCUT2D eigenvalue weighted by Gasteiger charge is -2.20. The van der Waals surface area contributed by atoms with Crippen LogP contribution in [0.2, 0.25) is 0 Å². The van der Waals surface area contributed by atoms with E-state index in [9.17, 15) is 0 Å². The van der Waals surface area contributed by atoms with Crippen LogP contribution in [0, 0.1) is 0 Å².